The zero-order chi connectivity index (χ0) is 13.6. The molecule has 18 heavy (non-hydrogen) atoms. The Morgan fingerprint density at radius 2 is 2.00 bits per heavy atom. The molecule has 0 bridgehead atoms. The molecule has 2 nitrogen and oxygen atoms in total. The number of hydrogen-bond donors (Lipinski definition) is 1. The third-order valence-corrected chi connectivity index (χ3v) is 4.08. The van der Waals surface area contributed by atoms with E-state index in [1.165, 1.54) is 0 Å². The van der Waals surface area contributed by atoms with E-state index in [1.807, 2.05) is 19.1 Å². The number of benzene rings is 1. The summed E-state index contributed by atoms with van der Waals surface area (Å²) < 4.78 is 19.5. The van der Waals surface area contributed by atoms with E-state index in [0.717, 1.165) is 24.2 Å². The monoisotopic (exact) mass is 251 g/mol. The smallest absolute Gasteiger partial charge is 0.130 e. The lowest BCUT2D eigenvalue weighted by Gasteiger charge is -2.25. The van der Waals surface area contributed by atoms with Gasteiger partial charge in [0, 0.05) is 17.0 Å². The summed E-state index contributed by atoms with van der Waals surface area (Å²) >= 11 is 0. The Labute approximate surface area is 108 Å². The van der Waals surface area contributed by atoms with E-state index >= 15 is 0 Å². The molecule has 1 unspecified atom stereocenters. The molecule has 2 rings (SSSR count). The van der Waals surface area contributed by atoms with Gasteiger partial charge in [0.25, 0.3) is 0 Å². The lowest BCUT2D eigenvalue weighted by atomic mass is 9.85. The van der Waals surface area contributed by atoms with Crippen molar-refractivity contribution in [2.45, 2.75) is 50.7 Å². The average Bonchev–Trinajstić information content (AvgIpc) is 3.08. The zero-order valence-corrected chi connectivity index (χ0v) is 11.6. The van der Waals surface area contributed by atoms with Crippen LogP contribution >= 0.6 is 0 Å². The summed E-state index contributed by atoms with van der Waals surface area (Å²) in [7, 11) is 1.65. The second-order valence-electron chi connectivity index (χ2n) is 5.83. The van der Waals surface area contributed by atoms with Crippen LogP contribution in [0.3, 0.4) is 0 Å². The lowest BCUT2D eigenvalue weighted by Crippen LogP contribution is -2.32. The fraction of sp³-hybridized carbons (Fsp3) is 0.600. The van der Waals surface area contributed by atoms with Crippen LogP contribution in [0.25, 0.3) is 0 Å². The highest BCUT2D eigenvalue weighted by molar-refractivity contribution is 5.48. The number of hydrogen-bond acceptors (Lipinski definition) is 2. The van der Waals surface area contributed by atoms with Crippen LogP contribution in [0.15, 0.2) is 18.2 Å². The van der Waals surface area contributed by atoms with Crippen molar-refractivity contribution in [1.29, 1.82) is 0 Å². The largest absolute Gasteiger partial charge is 0.496 e. The van der Waals surface area contributed by atoms with Crippen LogP contribution in [0.4, 0.5) is 4.39 Å². The van der Waals surface area contributed by atoms with Crippen molar-refractivity contribution >= 4 is 0 Å². The molecule has 100 valence electrons. The van der Waals surface area contributed by atoms with Crippen molar-refractivity contribution in [2.75, 3.05) is 7.11 Å². The van der Waals surface area contributed by atoms with E-state index in [2.05, 4.69) is 0 Å². The molecule has 1 aromatic rings. The summed E-state index contributed by atoms with van der Waals surface area (Å²) in [6, 6.07) is 5.63. The number of nitrogens with two attached hydrogens (primary N) is 1. The summed E-state index contributed by atoms with van der Waals surface area (Å²) in [4.78, 5) is 0. The highest BCUT2D eigenvalue weighted by Gasteiger charge is 2.49. The van der Waals surface area contributed by atoms with Gasteiger partial charge in [-0.25, -0.2) is 4.39 Å². The first-order valence-electron chi connectivity index (χ1n) is 6.45. The van der Waals surface area contributed by atoms with Crippen molar-refractivity contribution in [3.63, 3.8) is 0 Å². The second kappa shape index (κ2) is 4.23. The molecule has 1 atom stereocenters. The van der Waals surface area contributed by atoms with Crippen molar-refractivity contribution in [1.82, 2.24) is 0 Å². The number of alkyl halides is 1. The molecular formula is C15H22FNO. The number of rotatable bonds is 4. The normalized spacial score (nSPS) is 19.4. The first-order chi connectivity index (χ1) is 8.31. The van der Waals surface area contributed by atoms with E-state index in [0.29, 0.717) is 5.56 Å². The van der Waals surface area contributed by atoms with Crippen LogP contribution in [0.5, 0.6) is 5.75 Å². The third-order valence-electron chi connectivity index (χ3n) is 4.08. The minimum Gasteiger partial charge on any atom is -0.496 e. The Bertz CT molecular complexity index is 444. The predicted octanol–water partition coefficient (Wildman–Crippen LogP) is 3.28. The average molecular weight is 251 g/mol. The van der Waals surface area contributed by atoms with Crippen LogP contribution in [0.2, 0.25) is 0 Å². The number of ether oxygens (including phenoxy) is 1. The number of methoxy groups -OCH3 is 1. The van der Waals surface area contributed by atoms with Gasteiger partial charge in [0.15, 0.2) is 0 Å². The molecule has 1 saturated carbocycles. The summed E-state index contributed by atoms with van der Waals surface area (Å²) in [6.07, 6.45) is 2.11. The van der Waals surface area contributed by atoms with Crippen LogP contribution in [0, 0.1) is 0 Å². The fourth-order valence-corrected chi connectivity index (χ4v) is 2.57. The van der Waals surface area contributed by atoms with E-state index in [9.17, 15) is 4.39 Å². The molecule has 1 aromatic carbocycles. The molecule has 0 amide bonds. The molecular weight excluding hydrogens is 229 g/mol. The van der Waals surface area contributed by atoms with Gasteiger partial charge in [-0.2, -0.15) is 0 Å². The molecule has 0 spiro atoms. The second-order valence-corrected chi connectivity index (χ2v) is 5.83. The summed E-state index contributed by atoms with van der Waals surface area (Å²) in [6.45, 7) is 5.16. The molecule has 0 aliphatic heterocycles. The lowest BCUT2D eigenvalue weighted by molar-refractivity contribution is 0.221. The molecule has 0 heterocycles. The number of halogens is 1. The molecule has 1 fully saturated rings. The van der Waals surface area contributed by atoms with Gasteiger partial charge in [0.1, 0.15) is 11.4 Å². The van der Waals surface area contributed by atoms with Gasteiger partial charge >= 0.3 is 0 Å². The minimum absolute atomic E-state index is 0.0212. The van der Waals surface area contributed by atoms with Crippen LogP contribution in [-0.2, 0) is 11.1 Å². The molecule has 1 aliphatic carbocycles. The molecule has 0 radical (unpaired) electrons. The van der Waals surface area contributed by atoms with Gasteiger partial charge in [-0.05, 0) is 51.3 Å². The maximum absolute atomic E-state index is 14.1. The quantitative estimate of drug-likeness (QED) is 0.891. The highest BCUT2D eigenvalue weighted by Crippen LogP contribution is 2.53. The van der Waals surface area contributed by atoms with Crippen LogP contribution < -0.4 is 10.5 Å². The summed E-state index contributed by atoms with van der Waals surface area (Å²) in [5.41, 5.74) is 6.48. The maximum Gasteiger partial charge on any atom is 0.130 e. The van der Waals surface area contributed by atoms with Crippen molar-refractivity contribution in [2.24, 2.45) is 5.73 Å². The Kier molecular flexibility index (Phi) is 3.14. The molecule has 0 aromatic heterocycles. The zero-order valence-electron chi connectivity index (χ0n) is 11.6. The Hall–Kier alpha value is -1.09. The molecule has 1 aliphatic rings. The van der Waals surface area contributed by atoms with Crippen molar-refractivity contribution < 1.29 is 9.13 Å². The Balaban J connectivity index is 2.51. The topological polar surface area (TPSA) is 35.2 Å². The maximum atomic E-state index is 14.1. The minimum atomic E-state index is -1.34. The first kappa shape index (κ1) is 13.3. The SMILES string of the molecule is COc1ccc(C(C)(C)F)cc1C1(C(C)N)CC1. The summed E-state index contributed by atoms with van der Waals surface area (Å²) in [5.74, 6) is 0.817. The van der Waals surface area contributed by atoms with E-state index < -0.39 is 5.67 Å². The van der Waals surface area contributed by atoms with E-state index in [-0.39, 0.29) is 11.5 Å². The standard InChI is InChI=1S/C15H22FNO/c1-10(17)15(7-8-15)12-9-11(14(2,3)16)5-6-13(12)18-4/h5-6,9-10H,7-8,17H2,1-4H3. The van der Waals surface area contributed by atoms with Gasteiger partial charge in [-0.15, -0.1) is 0 Å². The van der Waals surface area contributed by atoms with Crippen LogP contribution in [-0.4, -0.2) is 13.2 Å². The van der Waals surface area contributed by atoms with Crippen LogP contribution in [0.1, 0.15) is 44.7 Å². The summed E-state index contributed by atoms with van der Waals surface area (Å²) in [5, 5.41) is 0. The molecule has 2 N–H and O–H groups in total. The van der Waals surface area contributed by atoms with E-state index in [4.69, 9.17) is 10.5 Å². The fourth-order valence-electron chi connectivity index (χ4n) is 2.57. The Morgan fingerprint density at radius 3 is 2.39 bits per heavy atom. The predicted molar refractivity (Wildman–Crippen MR) is 71.7 cm³/mol. The van der Waals surface area contributed by atoms with Gasteiger partial charge in [0.05, 0.1) is 7.11 Å². The van der Waals surface area contributed by atoms with Gasteiger partial charge in [-0.3, -0.25) is 0 Å². The Morgan fingerprint density at radius 1 is 1.39 bits per heavy atom. The van der Waals surface area contributed by atoms with Crippen molar-refractivity contribution in [3.8, 4) is 5.75 Å². The van der Waals surface area contributed by atoms with Gasteiger partial charge in [-0.1, -0.05) is 6.07 Å². The first-order valence-corrected chi connectivity index (χ1v) is 6.45. The molecule has 0 saturated heterocycles. The van der Waals surface area contributed by atoms with Crippen molar-refractivity contribution in [3.05, 3.63) is 29.3 Å². The highest BCUT2D eigenvalue weighted by atomic mass is 19.1. The van der Waals surface area contributed by atoms with E-state index in [1.54, 1.807) is 27.0 Å². The third kappa shape index (κ3) is 2.12. The van der Waals surface area contributed by atoms with Gasteiger partial charge in [0.2, 0.25) is 0 Å². The van der Waals surface area contributed by atoms with Gasteiger partial charge < -0.3 is 10.5 Å². The molecule has 3 heteroatoms.